The maximum absolute atomic E-state index is 12.5. The van der Waals surface area contributed by atoms with Crippen molar-refractivity contribution in [1.29, 1.82) is 0 Å². The summed E-state index contributed by atoms with van der Waals surface area (Å²) in [5.74, 6) is -1.19. The Bertz CT molecular complexity index is 791. The maximum atomic E-state index is 12.5. The highest BCUT2D eigenvalue weighted by atomic mass is 16.4. The topological polar surface area (TPSA) is 62.5 Å². The summed E-state index contributed by atoms with van der Waals surface area (Å²) in [6.07, 6.45) is 0. The van der Waals surface area contributed by atoms with E-state index in [9.17, 15) is 14.7 Å². The first-order valence-corrected chi connectivity index (χ1v) is 7.50. The van der Waals surface area contributed by atoms with Crippen molar-refractivity contribution >= 4 is 5.97 Å². The Hall–Kier alpha value is -2.40. The summed E-state index contributed by atoms with van der Waals surface area (Å²) in [5, 5.41) is 9.19. The molecule has 0 unspecified atom stereocenters. The van der Waals surface area contributed by atoms with Crippen LogP contribution in [0.25, 0.3) is 11.3 Å². The Labute approximate surface area is 135 Å². The molecule has 5 nitrogen and oxygen atoms in total. The summed E-state index contributed by atoms with van der Waals surface area (Å²) < 4.78 is 1.55. The van der Waals surface area contributed by atoms with Gasteiger partial charge in [-0.05, 0) is 62.8 Å². The number of aromatic carboxylic acids is 1. The third kappa shape index (κ3) is 3.68. The Kier molecular flexibility index (Phi) is 5.01. The molecule has 0 aliphatic heterocycles. The Morgan fingerprint density at radius 1 is 1.13 bits per heavy atom. The van der Waals surface area contributed by atoms with Crippen LogP contribution in [-0.4, -0.2) is 41.2 Å². The van der Waals surface area contributed by atoms with Gasteiger partial charge in [-0.15, -0.1) is 0 Å². The molecule has 0 saturated carbocycles. The minimum Gasteiger partial charge on any atom is -0.477 e. The number of rotatable bonds is 5. The molecule has 1 N–H and O–H groups in total. The van der Waals surface area contributed by atoms with Gasteiger partial charge >= 0.3 is 5.97 Å². The second-order valence-corrected chi connectivity index (χ2v) is 6.00. The molecule has 1 heterocycles. The number of pyridine rings is 1. The van der Waals surface area contributed by atoms with Gasteiger partial charge < -0.3 is 14.6 Å². The lowest BCUT2D eigenvalue weighted by Crippen LogP contribution is -2.31. The summed E-state index contributed by atoms with van der Waals surface area (Å²) in [7, 11) is 3.84. The molecule has 0 amide bonds. The predicted octanol–water partition coefficient (Wildman–Crippen LogP) is 2.39. The van der Waals surface area contributed by atoms with Gasteiger partial charge in [-0.3, -0.25) is 4.79 Å². The third-order valence-electron chi connectivity index (χ3n) is 3.98. The first-order valence-electron chi connectivity index (χ1n) is 7.50. The minimum absolute atomic E-state index is 0.198. The highest BCUT2D eigenvalue weighted by Gasteiger charge is 2.15. The number of carboxylic acid groups (broad SMARTS) is 1. The SMILES string of the molecule is Cc1ccc(-c2ccc(C(=O)O)c(=O)n2CCN(C)C)cc1C. The standard InChI is InChI=1S/C18H22N2O3/c1-12-5-6-14(11-13(12)2)16-8-7-15(18(22)23)17(21)20(16)10-9-19(3)4/h5-8,11H,9-10H2,1-4H3,(H,22,23). The molecule has 0 atom stereocenters. The van der Waals surface area contributed by atoms with E-state index in [-0.39, 0.29) is 5.56 Å². The number of hydrogen-bond acceptors (Lipinski definition) is 3. The fourth-order valence-corrected chi connectivity index (χ4v) is 2.42. The normalized spacial score (nSPS) is 11.0. The van der Waals surface area contributed by atoms with Crippen LogP contribution in [-0.2, 0) is 6.54 Å². The van der Waals surface area contributed by atoms with E-state index in [0.717, 1.165) is 16.8 Å². The Morgan fingerprint density at radius 3 is 2.39 bits per heavy atom. The molecule has 2 aromatic rings. The van der Waals surface area contributed by atoms with Crippen molar-refractivity contribution in [1.82, 2.24) is 9.47 Å². The van der Waals surface area contributed by atoms with Crippen molar-refractivity contribution in [2.75, 3.05) is 20.6 Å². The molecule has 1 aromatic heterocycles. The number of aryl methyl sites for hydroxylation is 2. The summed E-state index contributed by atoms with van der Waals surface area (Å²) in [4.78, 5) is 25.7. The third-order valence-corrected chi connectivity index (χ3v) is 3.98. The van der Waals surface area contributed by atoms with Crippen LogP contribution in [0, 0.1) is 13.8 Å². The number of benzene rings is 1. The monoisotopic (exact) mass is 314 g/mol. The molecule has 0 bridgehead atoms. The second kappa shape index (κ2) is 6.79. The van der Waals surface area contributed by atoms with E-state index in [2.05, 4.69) is 0 Å². The Balaban J connectivity index is 2.61. The van der Waals surface area contributed by atoms with Crippen molar-refractivity contribution in [3.63, 3.8) is 0 Å². The highest BCUT2D eigenvalue weighted by Crippen LogP contribution is 2.21. The fourth-order valence-electron chi connectivity index (χ4n) is 2.42. The van der Waals surface area contributed by atoms with Crippen LogP contribution in [0.4, 0.5) is 0 Å². The fraction of sp³-hybridized carbons (Fsp3) is 0.333. The van der Waals surface area contributed by atoms with Crippen molar-refractivity contribution in [2.24, 2.45) is 0 Å². The van der Waals surface area contributed by atoms with E-state index < -0.39 is 11.5 Å². The largest absolute Gasteiger partial charge is 0.477 e. The molecule has 5 heteroatoms. The maximum Gasteiger partial charge on any atom is 0.341 e. The number of likely N-dealkylation sites (N-methyl/N-ethyl adjacent to an activating group) is 1. The van der Waals surface area contributed by atoms with Crippen LogP contribution in [0.1, 0.15) is 21.5 Å². The molecule has 23 heavy (non-hydrogen) atoms. The zero-order valence-corrected chi connectivity index (χ0v) is 14.0. The van der Waals surface area contributed by atoms with E-state index in [1.54, 1.807) is 10.6 Å². The minimum atomic E-state index is -1.19. The number of carboxylic acids is 1. The molecule has 0 aliphatic rings. The number of nitrogens with zero attached hydrogens (tertiary/aromatic N) is 2. The molecule has 0 radical (unpaired) electrons. The van der Waals surface area contributed by atoms with E-state index in [1.807, 2.05) is 51.0 Å². The molecule has 0 saturated heterocycles. The highest BCUT2D eigenvalue weighted by molar-refractivity contribution is 5.87. The average molecular weight is 314 g/mol. The first-order chi connectivity index (χ1) is 10.8. The smallest absolute Gasteiger partial charge is 0.341 e. The molecular weight excluding hydrogens is 292 g/mol. The molecule has 1 aromatic carbocycles. The van der Waals surface area contributed by atoms with Crippen LogP contribution in [0.3, 0.4) is 0 Å². The molecule has 122 valence electrons. The molecule has 0 spiro atoms. The summed E-state index contributed by atoms with van der Waals surface area (Å²) >= 11 is 0. The molecule has 2 rings (SSSR count). The van der Waals surface area contributed by atoms with Gasteiger partial charge in [0.1, 0.15) is 5.56 Å². The van der Waals surface area contributed by atoms with E-state index >= 15 is 0 Å². The quantitative estimate of drug-likeness (QED) is 0.920. The van der Waals surface area contributed by atoms with Gasteiger partial charge in [0.25, 0.3) is 5.56 Å². The lowest BCUT2D eigenvalue weighted by atomic mass is 10.0. The van der Waals surface area contributed by atoms with Crippen molar-refractivity contribution in [2.45, 2.75) is 20.4 Å². The second-order valence-electron chi connectivity index (χ2n) is 6.00. The van der Waals surface area contributed by atoms with Crippen molar-refractivity contribution in [3.05, 3.63) is 57.4 Å². The summed E-state index contributed by atoms with van der Waals surface area (Å²) in [5.41, 5.74) is 3.31. The number of carbonyl (C=O) groups is 1. The summed E-state index contributed by atoms with van der Waals surface area (Å²) in [6, 6.07) is 9.10. The zero-order chi connectivity index (χ0) is 17.1. The number of hydrogen-bond donors (Lipinski definition) is 1. The van der Waals surface area contributed by atoms with Gasteiger partial charge in [0.05, 0.1) is 5.69 Å². The first kappa shape index (κ1) is 17.0. The van der Waals surface area contributed by atoms with Gasteiger partial charge in [0.2, 0.25) is 0 Å². The Morgan fingerprint density at radius 2 is 1.83 bits per heavy atom. The van der Waals surface area contributed by atoms with Gasteiger partial charge in [-0.25, -0.2) is 4.79 Å². The lowest BCUT2D eigenvalue weighted by Gasteiger charge is -2.17. The van der Waals surface area contributed by atoms with Crippen LogP contribution >= 0.6 is 0 Å². The van der Waals surface area contributed by atoms with Crippen LogP contribution < -0.4 is 5.56 Å². The van der Waals surface area contributed by atoms with Crippen LogP contribution in [0.2, 0.25) is 0 Å². The predicted molar refractivity (Wildman–Crippen MR) is 91.1 cm³/mol. The van der Waals surface area contributed by atoms with E-state index in [0.29, 0.717) is 13.1 Å². The summed E-state index contributed by atoms with van der Waals surface area (Å²) in [6.45, 7) is 5.15. The van der Waals surface area contributed by atoms with Crippen molar-refractivity contribution < 1.29 is 9.90 Å². The van der Waals surface area contributed by atoms with Gasteiger partial charge in [0.15, 0.2) is 0 Å². The molecule has 0 fully saturated rings. The van der Waals surface area contributed by atoms with Crippen molar-refractivity contribution in [3.8, 4) is 11.3 Å². The zero-order valence-electron chi connectivity index (χ0n) is 14.0. The lowest BCUT2D eigenvalue weighted by molar-refractivity contribution is 0.0694. The average Bonchev–Trinajstić information content (AvgIpc) is 2.48. The van der Waals surface area contributed by atoms with Crippen LogP contribution in [0.5, 0.6) is 0 Å². The van der Waals surface area contributed by atoms with Gasteiger partial charge in [0, 0.05) is 13.1 Å². The molecule has 0 aliphatic carbocycles. The van der Waals surface area contributed by atoms with Gasteiger partial charge in [-0.1, -0.05) is 12.1 Å². The van der Waals surface area contributed by atoms with E-state index in [4.69, 9.17) is 0 Å². The number of aromatic nitrogens is 1. The van der Waals surface area contributed by atoms with Crippen LogP contribution in [0.15, 0.2) is 35.1 Å². The molecular formula is C18H22N2O3. The van der Waals surface area contributed by atoms with E-state index in [1.165, 1.54) is 11.6 Å². The van der Waals surface area contributed by atoms with Gasteiger partial charge in [-0.2, -0.15) is 0 Å².